The molecule has 56 heavy (non-hydrogen) atoms. The number of unbranched alkanes of at least 4 members (excludes halogenated alkanes) is 27. The van der Waals surface area contributed by atoms with E-state index in [9.17, 15) is 23.8 Å². The third kappa shape index (κ3) is 39.1. The van der Waals surface area contributed by atoms with Gasteiger partial charge in [-0.1, -0.05) is 180 Å². The summed E-state index contributed by atoms with van der Waals surface area (Å²) < 4.78 is 32.7. The Morgan fingerprint density at radius 2 is 0.893 bits per heavy atom. The van der Waals surface area contributed by atoms with E-state index in [0.29, 0.717) is 12.8 Å². The van der Waals surface area contributed by atoms with Gasteiger partial charge in [-0.15, -0.1) is 0 Å². The van der Waals surface area contributed by atoms with Crippen molar-refractivity contribution in [2.75, 3.05) is 19.8 Å². The molecule has 330 valence electrons. The standard InChI is InChI=1S/C44H84NO10P/c1-3-5-7-9-11-13-15-17-19-20-22-24-26-28-30-32-34-36-43(47)55-40(38-53-56(50,51)54-39-41(45)44(48)49)37-52-42(46)35-33-31-29-27-25-23-21-18-16-14-12-10-8-6-4-2/h14,16,40-41H,3-13,15,17-39,45H2,1-2H3,(H,48,49)(H,50,51)/b16-14-/t40-,41+/m1/s1. The molecule has 0 saturated heterocycles. The predicted octanol–water partition coefficient (Wildman–Crippen LogP) is 12.1. The van der Waals surface area contributed by atoms with E-state index in [2.05, 4.69) is 30.5 Å². The highest BCUT2D eigenvalue weighted by Gasteiger charge is 2.28. The summed E-state index contributed by atoms with van der Waals surface area (Å²) in [6, 6.07) is -1.52. The fourth-order valence-corrected chi connectivity index (χ4v) is 7.19. The van der Waals surface area contributed by atoms with Crippen molar-refractivity contribution in [3.8, 4) is 0 Å². The topological polar surface area (TPSA) is 172 Å². The van der Waals surface area contributed by atoms with Crippen LogP contribution >= 0.6 is 7.82 Å². The molecule has 0 aromatic heterocycles. The van der Waals surface area contributed by atoms with Gasteiger partial charge in [0.05, 0.1) is 13.2 Å². The lowest BCUT2D eigenvalue weighted by Crippen LogP contribution is -2.34. The van der Waals surface area contributed by atoms with Gasteiger partial charge in [0.1, 0.15) is 12.6 Å². The molecular formula is C44H84NO10P. The van der Waals surface area contributed by atoms with Gasteiger partial charge in [0, 0.05) is 12.8 Å². The Morgan fingerprint density at radius 1 is 0.536 bits per heavy atom. The normalized spacial score (nSPS) is 13.8. The fourth-order valence-electron chi connectivity index (χ4n) is 6.41. The maximum atomic E-state index is 12.6. The van der Waals surface area contributed by atoms with E-state index in [4.69, 9.17) is 24.8 Å². The van der Waals surface area contributed by atoms with Crippen LogP contribution in [0.5, 0.6) is 0 Å². The number of phosphoric ester groups is 1. The van der Waals surface area contributed by atoms with Gasteiger partial charge in [-0.2, -0.15) is 0 Å². The van der Waals surface area contributed by atoms with Crippen LogP contribution in [0, 0.1) is 0 Å². The Morgan fingerprint density at radius 3 is 1.32 bits per heavy atom. The highest BCUT2D eigenvalue weighted by Crippen LogP contribution is 2.43. The van der Waals surface area contributed by atoms with E-state index in [-0.39, 0.29) is 19.4 Å². The number of nitrogens with two attached hydrogens (primary N) is 1. The van der Waals surface area contributed by atoms with E-state index in [0.717, 1.165) is 44.9 Å². The fraction of sp³-hybridized carbons (Fsp3) is 0.886. The highest BCUT2D eigenvalue weighted by atomic mass is 31.2. The van der Waals surface area contributed by atoms with Crippen LogP contribution in [0.3, 0.4) is 0 Å². The van der Waals surface area contributed by atoms with Gasteiger partial charge in [0.2, 0.25) is 0 Å². The highest BCUT2D eigenvalue weighted by molar-refractivity contribution is 7.47. The second-order valence-corrected chi connectivity index (χ2v) is 17.0. The molecule has 0 rings (SSSR count). The number of hydrogen-bond donors (Lipinski definition) is 3. The van der Waals surface area contributed by atoms with Crippen LogP contribution in [0.4, 0.5) is 0 Å². The molecule has 0 aliphatic rings. The third-order valence-electron chi connectivity index (χ3n) is 10.0. The molecule has 0 heterocycles. The molecule has 0 aliphatic carbocycles. The lowest BCUT2D eigenvalue weighted by Gasteiger charge is -2.20. The molecule has 0 saturated carbocycles. The zero-order valence-corrected chi connectivity index (χ0v) is 36.6. The first-order valence-corrected chi connectivity index (χ1v) is 24.2. The third-order valence-corrected chi connectivity index (χ3v) is 11.0. The van der Waals surface area contributed by atoms with E-state index in [1.807, 2.05) is 0 Å². The first-order chi connectivity index (χ1) is 27.1. The maximum absolute atomic E-state index is 12.6. The Hall–Kier alpha value is -1.78. The molecule has 1 unspecified atom stereocenters. The van der Waals surface area contributed by atoms with E-state index >= 15 is 0 Å². The van der Waals surface area contributed by atoms with E-state index in [1.54, 1.807) is 0 Å². The van der Waals surface area contributed by atoms with Crippen molar-refractivity contribution in [3.63, 3.8) is 0 Å². The largest absolute Gasteiger partial charge is 0.480 e. The second-order valence-electron chi connectivity index (χ2n) is 15.5. The minimum atomic E-state index is -4.71. The summed E-state index contributed by atoms with van der Waals surface area (Å²) in [6.07, 6.45) is 39.8. The van der Waals surface area contributed by atoms with Crippen LogP contribution < -0.4 is 5.73 Å². The molecule has 0 spiro atoms. The zero-order valence-electron chi connectivity index (χ0n) is 35.7. The molecule has 0 amide bonds. The molecule has 11 nitrogen and oxygen atoms in total. The van der Waals surface area contributed by atoms with Gasteiger partial charge in [-0.05, 0) is 38.5 Å². The molecule has 3 atom stereocenters. The van der Waals surface area contributed by atoms with Crippen LogP contribution in [0.15, 0.2) is 12.2 Å². The van der Waals surface area contributed by atoms with Gasteiger partial charge < -0.3 is 25.2 Å². The van der Waals surface area contributed by atoms with Crippen molar-refractivity contribution < 1.29 is 47.5 Å². The molecule has 4 N–H and O–H groups in total. The second kappa shape index (κ2) is 40.0. The van der Waals surface area contributed by atoms with Crippen molar-refractivity contribution in [1.29, 1.82) is 0 Å². The van der Waals surface area contributed by atoms with Crippen molar-refractivity contribution in [2.24, 2.45) is 5.73 Å². The number of carbonyl (C=O) groups excluding carboxylic acids is 2. The summed E-state index contributed by atoms with van der Waals surface area (Å²) in [4.78, 5) is 46.0. The Kier molecular flexibility index (Phi) is 38.7. The number of carboxylic acid groups (broad SMARTS) is 1. The SMILES string of the molecule is CCCCCC/C=C\CCCCCCCCCC(=O)OC[C@H](COP(=O)(O)OC[C@H](N)C(=O)O)OC(=O)CCCCCCCCCCCCCCCCCCC. The monoisotopic (exact) mass is 818 g/mol. The molecule has 0 aromatic rings. The minimum Gasteiger partial charge on any atom is -0.480 e. The number of rotatable bonds is 43. The first-order valence-electron chi connectivity index (χ1n) is 22.7. The number of carboxylic acids is 1. The number of hydrogen-bond acceptors (Lipinski definition) is 9. The molecule has 12 heteroatoms. The molecule has 0 aliphatic heterocycles. The van der Waals surface area contributed by atoms with Gasteiger partial charge in [0.15, 0.2) is 6.10 Å². The number of aliphatic carboxylic acids is 1. The minimum absolute atomic E-state index is 0.166. The summed E-state index contributed by atoms with van der Waals surface area (Å²) in [5, 5.41) is 8.89. The van der Waals surface area contributed by atoms with Crippen LogP contribution in [-0.2, 0) is 37.5 Å². The lowest BCUT2D eigenvalue weighted by atomic mass is 10.0. The van der Waals surface area contributed by atoms with E-state index in [1.165, 1.54) is 135 Å². The zero-order chi connectivity index (χ0) is 41.4. The summed E-state index contributed by atoms with van der Waals surface area (Å²) in [5.74, 6) is -2.37. The summed E-state index contributed by atoms with van der Waals surface area (Å²) in [7, 11) is -4.71. The molecular weight excluding hydrogens is 733 g/mol. The quantitative estimate of drug-likeness (QED) is 0.0231. The van der Waals surface area contributed by atoms with Crippen molar-refractivity contribution >= 4 is 25.7 Å². The Balaban J connectivity index is 4.31. The smallest absolute Gasteiger partial charge is 0.472 e. The van der Waals surface area contributed by atoms with Crippen molar-refractivity contribution in [3.05, 3.63) is 12.2 Å². The van der Waals surface area contributed by atoms with Crippen LogP contribution in [0.25, 0.3) is 0 Å². The van der Waals surface area contributed by atoms with Gasteiger partial charge in [-0.3, -0.25) is 23.4 Å². The van der Waals surface area contributed by atoms with Gasteiger partial charge >= 0.3 is 25.7 Å². The number of allylic oxidation sites excluding steroid dienone is 2. The molecule has 0 bridgehead atoms. The number of carbonyl (C=O) groups is 3. The van der Waals surface area contributed by atoms with Crippen LogP contribution in [-0.4, -0.2) is 59.9 Å². The van der Waals surface area contributed by atoms with Gasteiger partial charge in [0.25, 0.3) is 0 Å². The van der Waals surface area contributed by atoms with Crippen molar-refractivity contribution in [1.82, 2.24) is 0 Å². The average Bonchev–Trinajstić information content (AvgIpc) is 3.17. The van der Waals surface area contributed by atoms with Gasteiger partial charge in [-0.25, -0.2) is 4.57 Å². The molecule has 0 fully saturated rings. The number of phosphoric acid groups is 1. The predicted molar refractivity (Wildman–Crippen MR) is 226 cm³/mol. The molecule has 0 aromatic carbocycles. The lowest BCUT2D eigenvalue weighted by molar-refractivity contribution is -0.161. The first kappa shape index (κ1) is 54.2. The molecule has 0 radical (unpaired) electrons. The van der Waals surface area contributed by atoms with Crippen LogP contribution in [0.1, 0.15) is 219 Å². The number of esters is 2. The number of ether oxygens (including phenoxy) is 2. The van der Waals surface area contributed by atoms with E-state index < -0.39 is 51.1 Å². The summed E-state index contributed by atoms with van der Waals surface area (Å²) in [5.41, 5.74) is 5.34. The van der Waals surface area contributed by atoms with Crippen LogP contribution in [0.2, 0.25) is 0 Å². The summed E-state index contributed by atoms with van der Waals surface area (Å²) >= 11 is 0. The average molecular weight is 818 g/mol. The Labute approximate surface area is 341 Å². The van der Waals surface area contributed by atoms with Crippen molar-refractivity contribution in [2.45, 2.75) is 231 Å². The Bertz CT molecular complexity index is 1010. The maximum Gasteiger partial charge on any atom is 0.472 e. The summed E-state index contributed by atoms with van der Waals surface area (Å²) in [6.45, 7) is 2.82.